The van der Waals surface area contributed by atoms with E-state index in [1.54, 1.807) is 10.9 Å². The molecule has 29 heavy (non-hydrogen) atoms. The molecule has 1 saturated carbocycles. The highest BCUT2D eigenvalue weighted by atomic mass is 32.1. The minimum atomic E-state index is -0.313. The summed E-state index contributed by atoms with van der Waals surface area (Å²) in [6.45, 7) is 2.43. The number of hydrogen-bond acceptors (Lipinski definition) is 5. The van der Waals surface area contributed by atoms with Crippen molar-refractivity contribution in [1.29, 1.82) is 0 Å². The van der Waals surface area contributed by atoms with Crippen LogP contribution in [0.1, 0.15) is 59.3 Å². The topological polar surface area (TPSA) is 61.2 Å². The molecule has 1 fully saturated rings. The number of thiophene rings is 1. The fourth-order valence-corrected chi connectivity index (χ4v) is 5.02. The van der Waals surface area contributed by atoms with Gasteiger partial charge in [0.05, 0.1) is 11.7 Å². The molecule has 0 saturated heterocycles. The van der Waals surface area contributed by atoms with Crippen LogP contribution < -0.4 is 5.56 Å². The Morgan fingerprint density at radius 1 is 1.21 bits per heavy atom. The molecule has 2 heterocycles. The minimum absolute atomic E-state index is 0.00321. The molecule has 0 aliphatic heterocycles. The van der Waals surface area contributed by atoms with Crippen LogP contribution in [0.25, 0.3) is 10.2 Å². The van der Waals surface area contributed by atoms with E-state index >= 15 is 0 Å². The van der Waals surface area contributed by atoms with E-state index in [1.807, 2.05) is 25.1 Å². The fourth-order valence-electron chi connectivity index (χ4n) is 4.00. The zero-order valence-electron chi connectivity index (χ0n) is 16.7. The third kappa shape index (κ3) is 4.42. The second-order valence-electron chi connectivity index (χ2n) is 7.73. The number of nitrogens with zero attached hydrogens (tertiary/aromatic N) is 2. The van der Waals surface area contributed by atoms with Crippen molar-refractivity contribution in [1.82, 2.24) is 9.55 Å². The maximum atomic E-state index is 13.0. The number of esters is 1. The SMILES string of the molecule is Cc1c(C(=O)OC2CCCCC2)sc2ncn(CCCc3ccccc3)c(=O)c12. The first kappa shape index (κ1) is 19.8. The number of fused-ring (bicyclic) bond motifs is 1. The second-order valence-corrected chi connectivity index (χ2v) is 8.73. The Bertz CT molecular complexity index is 1050. The Labute approximate surface area is 174 Å². The van der Waals surface area contributed by atoms with Crippen LogP contribution in [0.4, 0.5) is 0 Å². The molecule has 0 bridgehead atoms. The molecule has 1 aromatic carbocycles. The van der Waals surface area contributed by atoms with E-state index in [2.05, 4.69) is 17.1 Å². The van der Waals surface area contributed by atoms with Crippen molar-refractivity contribution < 1.29 is 9.53 Å². The van der Waals surface area contributed by atoms with Gasteiger partial charge in [-0.1, -0.05) is 36.8 Å². The molecule has 1 aliphatic rings. The lowest BCUT2D eigenvalue weighted by molar-refractivity contribution is 0.0216. The summed E-state index contributed by atoms with van der Waals surface area (Å²) in [5.74, 6) is -0.313. The van der Waals surface area contributed by atoms with E-state index in [-0.39, 0.29) is 17.6 Å². The first-order valence-electron chi connectivity index (χ1n) is 10.4. The average molecular weight is 411 g/mol. The van der Waals surface area contributed by atoms with E-state index in [0.29, 0.717) is 27.2 Å². The smallest absolute Gasteiger partial charge is 0.348 e. The van der Waals surface area contributed by atoms with Gasteiger partial charge in [0.25, 0.3) is 5.56 Å². The lowest BCUT2D eigenvalue weighted by Crippen LogP contribution is -2.22. The number of hydrogen-bond donors (Lipinski definition) is 0. The largest absolute Gasteiger partial charge is 0.458 e. The van der Waals surface area contributed by atoms with Gasteiger partial charge in [-0.25, -0.2) is 9.78 Å². The van der Waals surface area contributed by atoms with Crippen molar-refractivity contribution in [2.75, 3.05) is 0 Å². The van der Waals surface area contributed by atoms with Gasteiger partial charge in [-0.2, -0.15) is 0 Å². The summed E-state index contributed by atoms with van der Waals surface area (Å²) in [7, 11) is 0. The maximum Gasteiger partial charge on any atom is 0.348 e. The summed E-state index contributed by atoms with van der Waals surface area (Å²) < 4.78 is 7.36. The van der Waals surface area contributed by atoms with Crippen molar-refractivity contribution in [2.24, 2.45) is 0 Å². The quantitative estimate of drug-likeness (QED) is 0.543. The van der Waals surface area contributed by atoms with Crippen molar-refractivity contribution in [3.8, 4) is 0 Å². The van der Waals surface area contributed by atoms with E-state index < -0.39 is 0 Å². The van der Waals surface area contributed by atoms with Crippen molar-refractivity contribution in [3.63, 3.8) is 0 Å². The molecule has 0 spiro atoms. The van der Waals surface area contributed by atoms with Crippen molar-refractivity contribution in [2.45, 2.75) is 64.5 Å². The average Bonchev–Trinajstić information content (AvgIpc) is 3.08. The summed E-state index contributed by atoms with van der Waals surface area (Å²) >= 11 is 1.27. The maximum absolute atomic E-state index is 13.0. The van der Waals surface area contributed by atoms with Gasteiger partial charge in [0.2, 0.25) is 0 Å². The number of aromatic nitrogens is 2. The molecule has 4 rings (SSSR count). The monoisotopic (exact) mass is 410 g/mol. The molecule has 6 heteroatoms. The van der Waals surface area contributed by atoms with Crippen molar-refractivity contribution >= 4 is 27.5 Å². The Morgan fingerprint density at radius 2 is 1.97 bits per heavy atom. The molecule has 0 atom stereocenters. The van der Waals surface area contributed by atoms with Crippen LogP contribution in [0.3, 0.4) is 0 Å². The molecule has 0 radical (unpaired) electrons. The normalized spacial score (nSPS) is 14.9. The van der Waals surface area contributed by atoms with Crippen LogP contribution in [0.2, 0.25) is 0 Å². The van der Waals surface area contributed by atoms with Gasteiger partial charge < -0.3 is 4.74 Å². The van der Waals surface area contributed by atoms with E-state index in [1.165, 1.54) is 23.3 Å². The van der Waals surface area contributed by atoms with Gasteiger partial charge in [0.15, 0.2) is 0 Å². The summed E-state index contributed by atoms with van der Waals surface area (Å²) in [6.07, 6.45) is 8.67. The highest BCUT2D eigenvalue weighted by Gasteiger charge is 2.24. The zero-order chi connectivity index (χ0) is 20.2. The third-order valence-corrected chi connectivity index (χ3v) is 6.82. The Hall–Kier alpha value is -2.47. The van der Waals surface area contributed by atoms with Gasteiger partial charge >= 0.3 is 5.97 Å². The molecular formula is C23H26N2O3S. The Morgan fingerprint density at radius 3 is 2.72 bits per heavy atom. The predicted octanol–water partition coefficient (Wildman–Crippen LogP) is 4.89. The predicted molar refractivity (Wildman–Crippen MR) is 116 cm³/mol. The number of carbonyl (C=O) groups is 1. The minimum Gasteiger partial charge on any atom is -0.458 e. The number of rotatable bonds is 6. The van der Waals surface area contributed by atoms with Crippen LogP contribution >= 0.6 is 11.3 Å². The number of ether oxygens (including phenoxy) is 1. The summed E-state index contributed by atoms with van der Waals surface area (Å²) in [5, 5.41) is 0.549. The molecule has 0 N–H and O–H groups in total. The molecule has 2 aromatic heterocycles. The Kier molecular flexibility index (Phi) is 6.09. The van der Waals surface area contributed by atoms with Gasteiger partial charge in [-0.3, -0.25) is 9.36 Å². The second kappa shape index (κ2) is 8.91. The van der Waals surface area contributed by atoms with Crippen LogP contribution in [0, 0.1) is 6.92 Å². The zero-order valence-corrected chi connectivity index (χ0v) is 17.5. The number of carbonyl (C=O) groups excluding carboxylic acids is 1. The van der Waals surface area contributed by atoms with E-state index in [9.17, 15) is 9.59 Å². The molecule has 152 valence electrons. The molecular weight excluding hydrogens is 384 g/mol. The summed E-state index contributed by atoms with van der Waals surface area (Å²) in [5.41, 5.74) is 1.88. The Balaban J connectivity index is 1.50. The molecule has 1 aliphatic carbocycles. The van der Waals surface area contributed by atoms with Gasteiger partial charge in [0, 0.05) is 6.54 Å². The lowest BCUT2D eigenvalue weighted by Gasteiger charge is -2.21. The standard InChI is InChI=1S/C23H26N2O3S/c1-16-19-21(29-20(16)23(27)28-18-12-6-3-7-13-18)24-15-25(22(19)26)14-8-11-17-9-4-2-5-10-17/h2,4-5,9-10,15,18H,3,6-8,11-14H2,1H3. The van der Waals surface area contributed by atoms with Gasteiger partial charge in [0.1, 0.15) is 15.8 Å². The number of benzene rings is 1. The van der Waals surface area contributed by atoms with Gasteiger partial charge in [-0.05, 0) is 56.6 Å². The van der Waals surface area contributed by atoms with E-state index in [4.69, 9.17) is 4.74 Å². The number of aryl methyl sites for hydroxylation is 3. The van der Waals surface area contributed by atoms with E-state index in [0.717, 1.165) is 38.5 Å². The van der Waals surface area contributed by atoms with Crippen LogP contribution in [0.15, 0.2) is 41.5 Å². The highest BCUT2D eigenvalue weighted by molar-refractivity contribution is 7.20. The highest BCUT2D eigenvalue weighted by Crippen LogP contribution is 2.29. The first-order chi connectivity index (χ1) is 14.1. The van der Waals surface area contributed by atoms with Crippen LogP contribution in [0.5, 0.6) is 0 Å². The molecule has 0 unspecified atom stereocenters. The summed E-state index contributed by atoms with van der Waals surface area (Å²) in [6, 6.07) is 10.2. The first-order valence-corrected chi connectivity index (χ1v) is 11.2. The summed E-state index contributed by atoms with van der Waals surface area (Å²) in [4.78, 5) is 31.3. The molecule has 5 nitrogen and oxygen atoms in total. The van der Waals surface area contributed by atoms with Crippen LogP contribution in [-0.2, 0) is 17.7 Å². The van der Waals surface area contributed by atoms with Gasteiger partial charge in [-0.15, -0.1) is 11.3 Å². The molecule has 3 aromatic rings. The van der Waals surface area contributed by atoms with Crippen LogP contribution in [-0.4, -0.2) is 21.6 Å². The third-order valence-electron chi connectivity index (χ3n) is 5.64. The fraction of sp³-hybridized carbons (Fsp3) is 0.435. The lowest BCUT2D eigenvalue weighted by atomic mass is 9.98. The van der Waals surface area contributed by atoms with Crippen molar-refractivity contribution in [3.05, 3.63) is 63.0 Å². The molecule has 0 amide bonds.